The third kappa shape index (κ3) is 10.00. The van der Waals surface area contributed by atoms with Crippen molar-refractivity contribution in [3.63, 3.8) is 0 Å². The van der Waals surface area contributed by atoms with Gasteiger partial charge in [-0.05, 0) is 97.6 Å². The molecule has 0 spiro atoms. The molecule has 57 heavy (non-hydrogen) atoms. The summed E-state index contributed by atoms with van der Waals surface area (Å²) < 4.78 is 89.2. The van der Waals surface area contributed by atoms with E-state index in [1.807, 2.05) is 0 Å². The first-order chi connectivity index (χ1) is 27.6. The summed E-state index contributed by atoms with van der Waals surface area (Å²) in [6.07, 6.45) is 5.30. The molecule has 0 saturated heterocycles. The van der Waals surface area contributed by atoms with Crippen LogP contribution in [0.4, 0.5) is 0 Å². The summed E-state index contributed by atoms with van der Waals surface area (Å²) in [7, 11) is -8.41. The van der Waals surface area contributed by atoms with E-state index in [1.165, 1.54) is 54.6 Å². The number of rotatable bonds is 22. The average molecular weight is 827 g/mol. The lowest BCUT2D eigenvalue weighted by molar-refractivity contribution is -0.832. The van der Waals surface area contributed by atoms with Gasteiger partial charge in [-0.15, -0.1) is 0 Å². The Bertz CT molecular complexity index is 2520. The van der Waals surface area contributed by atoms with E-state index in [1.54, 1.807) is 30.3 Å². The second-order valence-electron chi connectivity index (χ2n) is 12.5. The van der Waals surface area contributed by atoms with Crippen molar-refractivity contribution in [2.75, 3.05) is 26.4 Å². The fraction of sp³-hybridized carbons (Fsp3) is 0.324. The molecule has 0 radical (unpaired) electrons. The maximum Gasteiger partial charge on any atom is 0.414 e. The van der Waals surface area contributed by atoms with Gasteiger partial charge in [-0.3, -0.25) is 9.26 Å². The fourth-order valence-corrected chi connectivity index (χ4v) is 8.19. The van der Waals surface area contributed by atoms with Gasteiger partial charge in [0, 0.05) is 17.5 Å². The van der Waals surface area contributed by atoms with E-state index < -0.39 is 47.1 Å². The molecule has 0 atom stereocenters. The van der Waals surface area contributed by atoms with Gasteiger partial charge in [0.25, 0.3) is 19.7 Å². The van der Waals surface area contributed by atoms with Gasteiger partial charge >= 0.3 is 27.4 Å². The number of sulfone groups is 2. The van der Waals surface area contributed by atoms with Crippen molar-refractivity contribution >= 4 is 30.6 Å². The zero-order valence-electron chi connectivity index (χ0n) is 30.4. The van der Waals surface area contributed by atoms with E-state index in [0.29, 0.717) is 74.2 Å². The van der Waals surface area contributed by atoms with Crippen LogP contribution in [0.15, 0.2) is 123 Å². The molecule has 0 aliphatic rings. The number of hydrogen-bond acceptors (Lipinski definition) is 16. The van der Waals surface area contributed by atoms with Gasteiger partial charge in [0.05, 0.1) is 46.5 Å². The smallest absolute Gasteiger partial charge is 0.414 e. The first-order valence-corrected chi connectivity index (χ1v) is 20.9. The Morgan fingerprint density at radius 1 is 0.544 bits per heavy atom. The first-order valence-electron chi connectivity index (χ1n) is 17.9. The van der Waals surface area contributed by atoms with Crippen molar-refractivity contribution < 1.29 is 59.3 Å². The molecule has 0 fully saturated rings. The number of ether oxygens (including phenoxy) is 4. The van der Waals surface area contributed by atoms with Gasteiger partial charge in [0.2, 0.25) is 0 Å². The number of nitrogens with zero attached hydrogens (tertiary/aromatic N) is 4. The van der Waals surface area contributed by atoms with E-state index >= 15 is 0 Å². The number of aromatic nitrogens is 4. The zero-order valence-corrected chi connectivity index (χ0v) is 32.0. The Morgan fingerprint density at radius 2 is 0.965 bits per heavy atom. The molecule has 0 bridgehead atoms. The molecule has 3 aromatic carbocycles. The fourth-order valence-electron chi connectivity index (χ4n) is 5.60. The summed E-state index contributed by atoms with van der Waals surface area (Å²) in [5, 5.41) is 30.3. The lowest BCUT2D eigenvalue weighted by atomic mass is 10.2. The average Bonchev–Trinajstić information content (AvgIpc) is 3.79. The quantitative estimate of drug-likeness (QED) is 0.0510. The SMILES string of the molecule is O=c1ccc2cc(OCCCCCCOc3no[n+]([O-])c3S(=O)(=O)c3ccccc3)c(OCCCCCCOc3no[n+]([O-])c3S(=O)(=O)c3ccccc3)cc2o1. The lowest BCUT2D eigenvalue weighted by Gasteiger charge is -2.14. The number of hydrogen-bond donors (Lipinski definition) is 0. The largest absolute Gasteiger partial charge is 0.490 e. The third-order valence-electron chi connectivity index (χ3n) is 8.47. The third-order valence-corrected chi connectivity index (χ3v) is 11.9. The minimum atomic E-state index is -4.21. The van der Waals surface area contributed by atoms with Crippen LogP contribution in [0.1, 0.15) is 51.4 Å². The highest BCUT2D eigenvalue weighted by molar-refractivity contribution is 7.91. The Hall–Kier alpha value is -6.15. The molecule has 3 heterocycles. The molecule has 0 aliphatic carbocycles. The number of unbranched alkanes of at least 4 members (excludes halogenated alkanes) is 6. The van der Waals surface area contributed by atoms with Crippen molar-refractivity contribution in [2.45, 2.75) is 71.2 Å². The van der Waals surface area contributed by atoms with Crippen molar-refractivity contribution in [3.05, 3.63) is 106 Å². The lowest BCUT2D eigenvalue weighted by Crippen LogP contribution is -2.30. The molecule has 20 heteroatoms. The molecule has 0 saturated carbocycles. The van der Waals surface area contributed by atoms with Crippen molar-refractivity contribution in [2.24, 2.45) is 0 Å². The van der Waals surface area contributed by atoms with Crippen LogP contribution in [0, 0.1) is 10.4 Å². The highest BCUT2D eigenvalue weighted by atomic mass is 32.2. The van der Waals surface area contributed by atoms with E-state index in [4.69, 9.17) is 23.4 Å². The zero-order chi connectivity index (χ0) is 40.3. The molecule has 6 aromatic rings. The van der Waals surface area contributed by atoms with E-state index in [-0.39, 0.29) is 32.8 Å². The van der Waals surface area contributed by atoms with Crippen LogP contribution in [0.3, 0.4) is 0 Å². The maximum absolute atomic E-state index is 12.9. The van der Waals surface area contributed by atoms with Crippen LogP contribution < -0.4 is 34.4 Å². The molecular formula is C37H38N4O14S2. The minimum Gasteiger partial charge on any atom is -0.490 e. The molecule has 3 aromatic heterocycles. The summed E-state index contributed by atoms with van der Waals surface area (Å²) in [5.41, 5.74) is -0.157. The van der Waals surface area contributed by atoms with Crippen molar-refractivity contribution in [1.82, 2.24) is 10.3 Å². The van der Waals surface area contributed by atoms with Crippen LogP contribution in [0.5, 0.6) is 23.3 Å². The summed E-state index contributed by atoms with van der Waals surface area (Å²) in [6, 6.07) is 21.2. The van der Waals surface area contributed by atoms with Crippen molar-refractivity contribution in [1.29, 1.82) is 0 Å². The highest BCUT2D eigenvalue weighted by Crippen LogP contribution is 2.33. The van der Waals surface area contributed by atoms with Crippen LogP contribution >= 0.6 is 0 Å². The van der Waals surface area contributed by atoms with Gasteiger partial charge in [-0.1, -0.05) is 36.4 Å². The van der Waals surface area contributed by atoms with Gasteiger partial charge in [-0.2, -0.15) is 0 Å². The topological polar surface area (TPSA) is 241 Å². The predicted octanol–water partition coefficient (Wildman–Crippen LogP) is 4.74. The van der Waals surface area contributed by atoms with Gasteiger partial charge in [0.15, 0.2) is 11.5 Å². The molecule has 0 unspecified atom stereocenters. The molecule has 302 valence electrons. The number of fused-ring (bicyclic) bond motifs is 1. The van der Waals surface area contributed by atoms with Gasteiger partial charge in [0.1, 0.15) is 5.58 Å². The molecule has 18 nitrogen and oxygen atoms in total. The van der Waals surface area contributed by atoms with E-state index in [0.717, 1.165) is 12.8 Å². The second kappa shape index (κ2) is 18.7. The van der Waals surface area contributed by atoms with Crippen LogP contribution in [0.25, 0.3) is 11.0 Å². The summed E-state index contributed by atoms with van der Waals surface area (Å²) >= 11 is 0. The molecular weight excluding hydrogens is 789 g/mol. The van der Waals surface area contributed by atoms with Gasteiger partial charge in [-0.25, -0.2) is 21.6 Å². The molecule has 0 aliphatic heterocycles. The minimum absolute atomic E-state index is 0.0899. The Kier molecular flexibility index (Phi) is 13.3. The summed E-state index contributed by atoms with van der Waals surface area (Å²) in [6.45, 7) is 0.882. The van der Waals surface area contributed by atoms with E-state index in [2.05, 4.69) is 19.6 Å². The second-order valence-corrected chi connectivity index (χ2v) is 16.3. The Labute approximate surface area is 326 Å². The van der Waals surface area contributed by atoms with Crippen LogP contribution in [-0.4, -0.2) is 53.6 Å². The number of benzene rings is 3. The standard InChI is InChI=1S/C37H38N4O14S2/c42-33-20-19-27-25-31(49-21-11-1-3-13-23-51-34-36(40(43)54-38-34)56(45,46)28-15-7-5-8-16-28)32(26-30(27)53-33)50-22-12-2-4-14-24-52-35-37(41(44)55-39-35)57(47,48)29-17-9-6-10-18-29/h5-10,15-20,25-26H,1-4,11-14,21-24H2. The summed E-state index contributed by atoms with van der Waals surface area (Å²) in [5.74, 6) is 0.0704. The van der Waals surface area contributed by atoms with E-state index in [9.17, 15) is 32.0 Å². The molecule has 0 N–H and O–H groups in total. The highest BCUT2D eigenvalue weighted by Gasteiger charge is 2.36. The normalized spacial score (nSPS) is 11.8. The monoisotopic (exact) mass is 826 g/mol. The summed E-state index contributed by atoms with van der Waals surface area (Å²) in [4.78, 5) is 11.3. The maximum atomic E-state index is 12.9. The van der Waals surface area contributed by atoms with Crippen LogP contribution in [-0.2, 0) is 19.7 Å². The van der Waals surface area contributed by atoms with Crippen LogP contribution in [0.2, 0.25) is 0 Å². The van der Waals surface area contributed by atoms with Gasteiger partial charge < -0.3 is 33.8 Å². The predicted molar refractivity (Wildman–Crippen MR) is 196 cm³/mol. The molecule has 0 amide bonds. The first kappa shape index (κ1) is 40.5. The molecule has 6 rings (SSSR count). The Morgan fingerprint density at radius 3 is 1.42 bits per heavy atom. The van der Waals surface area contributed by atoms with Crippen molar-refractivity contribution in [3.8, 4) is 23.3 Å². The Balaban J connectivity index is 0.923.